The van der Waals surface area contributed by atoms with Gasteiger partial charge in [0.05, 0.1) is 6.42 Å². The molecule has 14 heavy (non-hydrogen) atoms. The van der Waals surface area contributed by atoms with Crippen LogP contribution in [0, 0.1) is 0 Å². The van der Waals surface area contributed by atoms with Crippen LogP contribution in [-0.2, 0) is 14.3 Å². The van der Waals surface area contributed by atoms with E-state index in [1.807, 2.05) is 20.8 Å². The average Bonchev–Trinajstić information content (AvgIpc) is 2.18. The van der Waals surface area contributed by atoms with E-state index in [0.717, 1.165) is 6.54 Å². The van der Waals surface area contributed by atoms with Crippen molar-refractivity contribution in [2.24, 2.45) is 0 Å². The fraction of sp³-hybridized carbons (Fsp3) is 0.800. The Kier molecular flexibility index (Phi) is 13.5. The third kappa shape index (κ3) is 13.7. The molecule has 0 aromatic carbocycles. The highest BCUT2D eigenvalue weighted by molar-refractivity contribution is 5.80. The summed E-state index contributed by atoms with van der Waals surface area (Å²) in [6, 6.07) is 0. The Labute approximate surface area is 87.5 Å². The van der Waals surface area contributed by atoms with Crippen molar-refractivity contribution in [2.75, 3.05) is 19.7 Å². The van der Waals surface area contributed by atoms with Crippen LogP contribution in [0.2, 0.25) is 0 Å². The maximum atomic E-state index is 10.8. The smallest absolute Gasteiger partial charge is 0.307 e. The van der Waals surface area contributed by atoms with E-state index < -0.39 is 0 Å². The van der Waals surface area contributed by atoms with Crippen LogP contribution >= 0.6 is 0 Å². The molecule has 0 aromatic rings. The minimum atomic E-state index is -0.328. The van der Waals surface area contributed by atoms with Crippen LogP contribution in [0.25, 0.3) is 0 Å². The zero-order valence-electron chi connectivity index (χ0n) is 9.55. The molecule has 0 saturated carbocycles. The quantitative estimate of drug-likeness (QED) is 0.526. The second-order valence-electron chi connectivity index (χ2n) is 2.47. The molecule has 0 bridgehead atoms. The number of nitrogens with one attached hydrogen (secondary N) is 1. The third-order valence-electron chi connectivity index (χ3n) is 1.19. The van der Waals surface area contributed by atoms with Crippen molar-refractivity contribution < 1.29 is 15.8 Å². The molecule has 0 radical (unpaired) electrons. The highest BCUT2D eigenvalue weighted by atomic mass is 16.5. The van der Waals surface area contributed by atoms with Gasteiger partial charge in [-0.25, -0.2) is 0 Å². The highest BCUT2D eigenvalue weighted by Gasteiger charge is 2.02. The Hall–Kier alpha value is -0.900. The summed E-state index contributed by atoms with van der Waals surface area (Å²) in [6.07, 6.45) is 0.321. The van der Waals surface area contributed by atoms with Gasteiger partial charge in [0.1, 0.15) is 6.61 Å². The van der Waals surface area contributed by atoms with Gasteiger partial charge in [-0.1, -0.05) is 20.8 Å². The molecule has 0 heterocycles. The zero-order chi connectivity index (χ0) is 11.4. The molecule has 1 N–H and O–H groups in total. The molecule has 0 rings (SSSR count). The van der Waals surface area contributed by atoms with E-state index in [0.29, 0.717) is 13.0 Å². The van der Waals surface area contributed by atoms with Crippen molar-refractivity contribution >= 4 is 11.8 Å². The fourth-order valence-electron chi connectivity index (χ4n) is 0.622. The number of carbonyl (C=O) groups excluding carboxylic acids is 2. The van der Waals surface area contributed by atoms with Crippen molar-refractivity contribution in [3.63, 3.8) is 0 Å². The van der Waals surface area contributed by atoms with Gasteiger partial charge in [0.25, 0.3) is 0 Å². The van der Waals surface area contributed by atoms with Crippen LogP contribution < -0.4 is 5.32 Å². The third-order valence-corrected chi connectivity index (χ3v) is 1.19. The molecule has 0 aliphatic heterocycles. The van der Waals surface area contributed by atoms with E-state index in [4.69, 9.17) is 0 Å². The Bertz CT molecular complexity index is 163. The SMILES string of the molecule is CC.CCNCCC(=O)OCC(C)=O.[HH]. The van der Waals surface area contributed by atoms with Crippen LogP contribution in [0.4, 0.5) is 0 Å². The van der Waals surface area contributed by atoms with Crippen molar-refractivity contribution in [3.05, 3.63) is 0 Å². The van der Waals surface area contributed by atoms with Gasteiger partial charge in [0.2, 0.25) is 0 Å². The highest BCUT2D eigenvalue weighted by Crippen LogP contribution is 1.85. The van der Waals surface area contributed by atoms with Crippen molar-refractivity contribution in [3.8, 4) is 0 Å². The maximum Gasteiger partial charge on any atom is 0.307 e. The lowest BCUT2D eigenvalue weighted by Crippen LogP contribution is -2.20. The molecular formula is C10H23NO3. The van der Waals surface area contributed by atoms with Gasteiger partial charge < -0.3 is 10.1 Å². The van der Waals surface area contributed by atoms with Gasteiger partial charge in [-0.3, -0.25) is 9.59 Å². The van der Waals surface area contributed by atoms with Gasteiger partial charge >= 0.3 is 5.97 Å². The Balaban J connectivity index is -0.000000449. The lowest BCUT2D eigenvalue weighted by atomic mass is 10.4. The number of carbonyl (C=O) groups is 2. The minimum Gasteiger partial charge on any atom is -0.458 e. The lowest BCUT2D eigenvalue weighted by molar-refractivity contribution is -0.147. The summed E-state index contributed by atoms with van der Waals surface area (Å²) in [4.78, 5) is 21.2. The molecule has 0 unspecified atom stereocenters. The lowest BCUT2D eigenvalue weighted by Gasteiger charge is -2.02. The monoisotopic (exact) mass is 205 g/mol. The predicted octanol–water partition coefficient (Wildman–Crippen LogP) is 1.39. The number of Topliss-reactive ketones (excluding diaryl/α,β-unsaturated/α-hetero) is 1. The number of hydrogen-bond acceptors (Lipinski definition) is 4. The van der Waals surface area contributed by atoms with Gasteiger partial charge in [0, 0.05) is 7.97 Å². The van der Waals surface area contributed by atoms with E-state index in [-0.39, 0.29) is 19.8 Å². The molecule has 0 aliphatic carbocycles. The van der Waals surface area contributed by atoms with Gasteiger partial charge in [-0.2, -0.15) is 0 Å². The summed E-state index contributed by atoms with van der Waals surface area (Å²) in [6.45, 7) is 8.68. The number of ketones is 1. The summed E-state index contributed by atoms with van der Waals surface area (Å²) in [5.41, 5.74) is 0. The molecule has 0 amide bonds. The van der Waals surface area contributed by atoms with E-state index in [9.17, 15) is 9.59 Å². The van der Waals surface area contributed by atoms with E-state index in [1.54, 1.807) is 0 Å². The Morgan fingerprint density at radius 2 is 1.93 bits per heavy atom. The second-order valence-corrected chi connectivity index (χ2v) is 2.47. The van der Waals surface area contributed by atoms with Gasteiger partial charge in [-0.05, 0) is 13.5 Å². The number of rotatable bonds is 6. The van der Waals surface area contributed by atoms with Crippen molar-refractivity contribution in [1.82, 2.24) is 5.32 Å². The molecule has 0 fully saturated rings. The van der Waals surface area contributed by atoms with Crippen molar-refractivity contribution in [2.45, 2.75) is 34.1 Å². The number of hydrogen-bond donors (Lipinski definition) is 1. The average molecular weight is 205 g/mol. The largest absolute Gasteiger partial charge is 0.458 e. The topological polar surface area (TPSA) is 55.4 Å². The zero-order valence-corrected chi connectivity index (χ0v) is 9.55. The first-order valence-electron chi connectivity index (χ1n) is 5.02. The summed E-state index contributed by atoms with van der Waals surface area (Å²) in [5, 5.41) is 2.98. The number of esters is 1. The first kappa shape index (κ1) is 15.6. The summed E-state index contributed by atoms with van der Waals surface area (Å²) >= 11 is 0. The van der Waals surface area contributed by atoms with E-state index >= 15 is 0 Å². The predicted molar refractivity (Wildman–Crippen MR) is 58.3 cm³/mol. The van der Waals surface area contributed by atoms with Crippen LogP contribution in [-0.4, -0.2) is 31.4 Å². The standard InChI is InChI=1S/C8H15NO3.C2H6.H2/c1-3-9-5-4-8(11)12-6-7(2)10;1-2;/h9H,3-6H2,1-2H3;1-2H3;1H. The normalized spacial score (nSPS) is 8.57. The van der Waals surface area contributed by atoms with Crippen molar-refractivity contribution in [1.29, 1.82) is 0 Å². The number of ether oxygens (including phenoxy) is 1. The van der Waals surface area contributed by atoms with Crippen LogP contribution in [0.5, 0.6) is 0 Å². The van der Waals surface area contributed by atoms with Gasteiger partial charge in [-0.15, -0.1) is 0 Å². The van der Waals surface area contributed by atoms with Crippen LogP contribution in [0.15, 0.2) is 0 Å². The molecule has 4 nitrogen and oxygen atoms in total. The summed E-state index contributed by atoms with van der Waals surface area (Å²) in [7, 11) is 0. The van der Waals surface area contributed by atoms with Crippen LogP contribution in [0.1, 0.15) is 35.5 Å². The molecule has 0 spiro atoms. The van der Waals surface area contributed by atoms with E-state index in [2.05, 4.69) is 10.1 Å². The summed E-state index contributed by atoms with van der Waals surface area (Å²) < 4.78 is 4.62. The van der Waals surface area contributed by atoms with Gasteiger partial charge in [0.15, 0.2) is 5.78 Å². The molecule has 0 aliphatic rings. The molecule has 0 atom stereocenters. The molecule has 0 aromatic heterocycles. The fourth-order valence-corrected chi connectivity index (χ4v) is 0.622. The minimum absolute atomic E-state index is 0. The molecule has 4 heteroatoms. The Morgan fingerprint density at radius 3 is 2.36 bits per heavy atom. The van der Waals surface area contributed by atoms with Crippen LogP contribution in [0.3, 0.4) is 0 Å². The Morgan fingerprint density at radius 1 is 1.36 bits per heavy atom. The summed E-state index contributed by atoms with van der Waals surface area (Å²) in [5.74, 6) is -0.460. The molecular weight excluding hydrogens is 182 g/mol. The maximum absolute atomic E-state index is 10.8. The molecule has 0 saturated heterocycles. The van der Waals surface area contributed by atoms with E-state index in [1.165, 1.54) is 6.92 Å². The first-order valence-corrected chi connectivity index (χ1v) is 5.02. The second kappa shape index (κ2) is 12.1. The first-order chi connectivity index (χ1) is 6.66. The molecule has 86 valence electrons.